The Morgan fingerprint density at radius 1 is 1.39 bits per heavy atom. The monoisotopic (exact) mass is 245 g/mol. The molecule has 96 valence electrons. The lowest BCUT2D eigenvalue weighted by atomic mass is 10.00. The highest BCUT2D eigenvalue weighted by atomic mass is 16.1. The van der Waals surface area contributed by atoms with Crippen molar-refractivity contribution in [3.05, 3.63) is 35.9 Å². The molecule has 18 heavy (non-hydrogen) atoms. The third-order valence-corrected chi connectivity index (χ3v) is 2.61. The molecule has 4 nitrogen and oxygen atoms in total. The molecule has 4 heteroatoms. The van der Waals surface area contributed by atoms with Crippen molar-refractivity contribution >= 4 is 5.91 Å². The predicted octanol–water partition coefficient (Wildman–Crippen LogP) is 1.36. The van der Waals surface area contributed by atoms with Crippen molar-refractivity contribution < 1.29 is 4.79 Å². The second-order valence-corrected chi connectivity index (χ2v) is 4.42. The van der Waals surface area contributed by atoms with Gasteiger partial charge in [-0.05, 0) is 32.6 Å². The molecule has 0 aliphatic heterocycles. The molecule has 0 saturated heterocycles. The molecule has 0 spiro atoms. The number of hydrogen-bond donors (Lipinski definition) is 1. The van der Waals surface area contributed by atoms with Gasteiger partial charge in [0.25, 0.3) is 0 Å². The van der Waals surface area contributed by atoms with Gasteiger partial charge < -0.3 is 10.2 Å². The molecular weight excluding hydrogens is 226 g/mol. The van der Waals surface area contributed by atoms with Gasteiger partial charge in [-0.3, -0.25) is 4.79 Å². The van der Waals surface area contributed by atoms with Gasteiger partial charge in [-0.25, -0.2) is 0 Å². The zero-order valence-electron chi connectivity index (χ0n) is 10.9. The fourth-order valence-corrected chi connectivity index (χ4v) is 1.64. The van der Waals surface area contributed by atoms with Crippen molar-refractivity contribution in [2.24, 2.45) is 0 Å². The van der Waals surface area contributed by atoms with Crippen LogP contribution in [0.4, 0.5) is 0 Å². The van der Waals surface area contributed by atoms with Crippen molar-refractivity contribution in [1.29, 1.82) is 5.26 Å². The van der Waals surface area contributed by atoms with E-state index in [1.165, 1.54) is 0 Å². The van der Waals surface area contributed by atoms with Gasteiger partial charge in [0.15, 0.2) is 0 Å². The minimum absolute atomic E-state index is 0.220. The maximum atomic E-state index is 11.9. The average molecular weight is 245 g/mol. The number of nitrogens with one attached hydrogen (secondary N) is 1. The van der Waals surface area contributed by atoms with E-state index in [0.29, 0.717) is 6.54 Å². The number of nitrogens with zero attached hydrogens (tertiary/aromatic N) is 2. The Labute approximate surface area is 108 Å². The first-order valence-electron chi connectivity index (χ1n) is 6.02. The van der Waals surface area contributed by atoms with E-state index in [1.54, 1.807) is 12.1 Å². The molecule has 1 N–H and O–H groups in total. The normalized spacial score (nSPS) is 11.9. The van der Waals surface area contributed by atoms with Crippen LogP contribution in [0.15, 0.2) is 30.3 Å². The fourth-order valence-electron chi connectivity index (χ4n) is 1.64. The summed E-state index contributed by atoms with van der Waals surface area (Å²) in [5.74, 6) is -0.937. The van der Waals surface area contributed by atoms with Gasteiger partial charge in [0, 0.05) is 6.54 Å². The van der Waals surface area contributed by atoms with Crippen LogP contribution >= 0.6 is 0 Å². The van der Waals surface area contributed by atoms with E-state index >= 15 is 0 Å². The maximum absolute atomic E-state index is 11.9. The minimum atomic E-state index is -0.717. The Bertz CT molecular complexity index is 409. The van der Waals surface area contributed by atoms with Gasteiger partial charge in [0.1, 0.15) is 5.92 Å². The third kappa shape index (κ3) is 4.56. The summed E-state index contributed by atoms with van der Waals surface area (Å²) in [6.07, 6.45) is 0.881. The van der Waals surface area contributed by atoms with Crippen LogP contribution in [0.3, 0.4) is 0 Å². The van der Waals surface area contributed by atoms with Crippen molar-refractivity contribution in [1.82, 2.24) is 10.2 Å². The van der Waals surface area contributed by atoms with Crippen LogP contribution in [0.2, 0.25) is 0 Å². The maximum Gasteiger partial charge on any atom is 0.241 e. The van der Waals surface area contributed by atoms with E-state index in [9.17, 15) is 4.79 Å². The summed E-state index contributed by atoms with van der Waals surface area (Å²) in [5.41, 5.74) is 0.741. The predicted molar refractivity (Wildman–Crippen MR) is 71.0 cm³/mol. The highest BCUT2D eigenvalue weighted by Gasteiger charge is 2.18. The lowest BCUT2D eigenvalue weighted by Gasteiger charge is -2.12. The summed E-state index contributed by atoms with van der Waals surface area (Å²) < 4.78 is 0. The molecule has 1 rings (SSSR count). The molecule has 0 bridgehead atoms. The summed E-state index contributed by atoms with van der Waals surface area (Å²) in [7, 11) is 3.98. The molecule has 1 aromatic carbocycles. The Morgan fingerprint density at radius 3 is 2.61 bits per heavy atom. The molecule has 0 fully saturated rings. The van der Waals surface area contributed by atoms with Crippen molar-refractivity contribution in [3.63, 3.8) is 0 Å². The van der Waals surface area contributed by atoms with E-state index in [1.807, 2.05) is 38.4 Å². The molecule has 1 unspecified atom stereocenters. The summed E-state index contributed by atoms with van der Waals surface area (Å²) in [5, 5.41) is 11.9. The Balaban J connectivity index is 2.47. The minimum Gasteiger partial charge on any atom is -0.355 e. The van der Waals surface area contributed by atoms with Gasteiger partial charge in [0.2, 0.25) is 5.91 Å². The van der Waals surface area contributed by atoms with Gasteiger partial charge in [-0.15, -0.1) is 0 Å². The topological polar surface area (TPSA) is 56.1 Å². The fraction of sp³-hybridized carbons (Fsp3) is 0.429. The first-order chi connectivity index (χ1) is 8.65. The van der Waals surface area contributed by atoms with Gasteiger partial charge in [0.05, 0.1) is 6.07 Å². The van der Waals surface area contributed by atoms with Crippen LogP contribution in [-0.2, 0) is 4.79 Å². The molecule has 1 amide bonds. The Morgan fingerprint density at radius 2 is 2.06 bits per heavy atom. The highest BCUT2D eigenvalue weighted by molar-refractivity contribution is 5.86. The first-order valence-corrected chi connectivity index (χ1v) is 6.02. The summed E-state index contributed by atoms with van der Waals surface area (Å²) in [6, 6.07) is 11.2. The van der Waals surface area contributed by atoms with Crippen LogP contribution in [0.1, 0.15) is 17.9 Å². The van der Waals surface area contributed by atoms with Crippen LogP contribution in [-0.4, -0.2) is 38.0 Å². The number of amides is 1. The van der Waals surface area contributed by atoms with Gasteiger partial charge in [-0.1, -0.05) is 30.3 Å². The zero-order chi connectivity index (χ0) is 13.4. The van der Waals surface area contributed by atoms with Crippen molar-refractivity contribution in [2.75, 3.05) is 27.2 Å². The van der Waals surface area contributed by atoms with Crippen molar-refractivity contribution in [2.45, 2.75) is 12.3 Å². The second-order valence-electron chi connectivity index (χ2n) is 4.42. The SMILES string of the molecule is CN(C)CCCNC(=O)C(C#N)c1ccccc1. The smallest absolute Gasteiger partial charge is 0.241 e. The van der Waals surface area contributed by atoms with Crippen LogP contribution in [0.25, 0.3) is 0 Å². The molecule has 0 radical (unpaired) electrons. The average Bonchev–Trinajstić information content (AvgIpc) is 2.36. The molecular formula is C14H19N3O. The number of rotatable bonds is 6. The standard InChI is InChI=1S/C14H19N3O/c1-17(2)10-6-9-16-14(18)13(11-15)12-7-4-3-5-8-12/h3-5,7-8,13H,6,9-10H2,1-2H3,(H,16,18). The molecule has 1 aromatic rings. The number of hydrogen-bond acceptors (Lipinski definition) is 3. The molecule has 0 aliphatic carbocycles. The number of benzene rings is 1. The Kier molecular flexibility index (Phi) is 5.89. The van der Waals surface area contributed by atoms with Gasteiger partial charge >= 0.3 is 0 Å². The van der Waals surface area contributed by atoms with E-state index in [2.05, 4.69) is 10.2 Å². The third-order valence-electron chi connectivity index (χ3n) is 2.61. The van der Waals surface area contributed by atoms with Crippen LogP contribution in [0, 0.1) is 11.3 Å². The van der Waals surface area contributed by atoms with Gasteiger partial charge in [-0.2, -0.15) is 5.26 Å². The van der Waals surface area contributed by atoms with E-state index in [-0.39, 0.29) is 5.91 Å². The molecule has 0 aliphatic rings. The summed E-state index contributed by atoms with van der Waals surface area (Å²) in [4.78, 5) is 13.9. The quantitative estimate of drug-likeness (QED) is 0.770. The second kappa shape index (κ2) is 7.46. The molecule has 0 heterocycles. The summed E-state index contributed by atoms with van der Waals surface area (Å²) >= 11 is 0. The molecule has 0 aromatic heterocycles. The lowest BCUT2D eigenvalue weighted by Crippen LogP contribution is -2.31. The molecule has 1 atom stereocenters. The van der Waals surface area contributed by atoms with E-state index < -0.39 is 5.92 Å². The lowest BCUT2D eigenvalue weighted by molar-refractivity contribution is -0.121. The zero-order valence-corrected chi connectivity index (χ0v) is 10.9. The number of carbonyl (C=O) groups excluding carboxylic acids is 1. The van der Waals surface area contributed by atoms with Crippen LogP contribution < -0.4 is 5.32 Å². The largest absolute Gasteiger partial charge is 0.355 e. The van der Waals surface area contributed by atoms with E-state index in [4.69, 9.17) is 5.26 Å². The number of nitriles is 1. The van der Waals surface area contributed by atoms with Crippen LogP contribution in [0.5, 0.6) is 0 Å². The van der Waals surface area contributed by atoms with E-state index in [0.717, 1.165) is 18.5 Å². The Hall–Kier alpha value is -1.86. The number of carbonyl (C=O) groups is 1. The van der Waals surface area contributed by atoms with Crippen molar-refractivity contribution in [3.8, 4) is 6.07 Å². The first kappa shape index (κ1) is 14.2. The highest BCUT2D eigenvalue weighted by Crippen LogP contribution is 2.14. The summed E-state index contributed by atoms with van der Waals surface area (Å²) in [6.45, 7) is 1.52. The molecule has 0 saturated carbocycles.